The van der Waals surface area contributed by atoms with E-state index in [0.29, 0.717) is 5.75 Å². The van der Waals surface area contributed by atoms with Crippen molar-refractivity contribution in [3.05, 3.63) is 77.3 Å². The van der Waals surface area contributed by atoms with E-state index in [1.165, 1.54) is 31.6 Å². The second kappa shape index (κ2) is 13.8. The third-order valence-corrected chi connectivity index (χ3v) is 6.69. The van der Waals surface area contributed by atoms with Gasteiger partial charge >= 0.3 is 48.9 Å². The van der Waals surface area contributed by atoms with E-state index in [-0.39, 0.29) is 101 Å². The Labute approximate surface area is 273 Å². The average Bonchev–Trinajstić information content (AvgIpc) is 2.93. The molecule has 0 spiro atoms. The first-order chi connectivity index (χ1) is 18.6. The van der Waals surface area contributed by atoms with Crippen LogP contribution in [0.25, 0.3) is 16.4 Å². The quantitative estimate of drug-likeness (QED) is 0.226. The van der Waals surface area contributed by atoms with Crippen LogP contribution < -0.4 is 19.3 Å². The van der Waals surface area contributed by atoms with Gasteiger partial charge in [0.2, 0.25) is 10.0 Å². The number of hydrogen-bond donors (Lipinski definition) is 0. The Bertz CT molecular complexity index is 1530. The normalized spacial score (nSPS) is 11.3. The number of nitrogens with zero attached hydrogens (tertiary/aromatic N) is 5. The molecule has 2 heterocycles. The number of ether oxygens (including phenoxy) is 3. The van der Waals surface area contributed by atoms with Crippen LogP contribution in [0.15, 0.2) is 71.9 Å². The topological polar surface area (TPSA) is 151 Å². The Balaban J connectivity index is 0.00000441. The summed E-state index contributed by atoms with van der Waals surface area (Å²) in [7, 11) is -2.82. The molecule has 13 heteroatoms. The zero-order chi connectivity index (χ0) is 28.0. The fourth-order valence-electron chi connectivity index (χ4n) is 3.43. The minimum atomic E-state index is -4.28. The second-order valence-corrected chi connectivity index (χ2v) is 10.8. The molecule has 4 aromatic rings. The number of rotatable bonds is 10. The monoisotopic (exact) mass is 687 g/mol. The Kier molecular flexibility index (Phi) is 10.9. The molecule has 0 fully saturated rings. The molecule has 2 aromatic carbocycles. The maximum absolute atomic E-state index is 13.4. The van der Waals surface area contributed by atoms with Gasteiger partial charge in [-0.1, -0.05) is 45.0 Å². The number of benzene rings is 2. The molecular weight excluding hydrogens is 660 g/mol. The molecule has 0 aliphatic carbocycles. The number of sulfonamides is 1. The summed E-state index contributed by atoms with van der Waals surface area (Å²) >= 11 is 0. The maximum Gasteiger partial charge on any atom is 2.00 e. The number of methoxy groups -OCH3 is 1. The zero-order valence-corrected chi connectivity index (χ0v) is 27.8. The predicted octanol–water partition coefficient (Wildman–Crippen LogP) is 3.78. The number of hydrogen-bond acceptors (Lipinski definition) is 10. The summed E-state index contributed by atoms with van der Waals surface area (Å²) in [6, 6.07) is 14.8. The molecule has 0 radical (unpaired) electrons. The molecule has 0 unspecified atom stereocenters. The van der Waals surface area contributed by atoms with Gasteiger partial charge in [0.15, 0.2) is 23.1 Å². The van der Waals surface area contributed by atoms with Crippen molar-refractivity contribution in [2.24, 2.45) is 0 Å². The van der Waals surface area contributed by atoms with E-state index in [1.807, 2.05) is 20.8 Å². The first-order valence-corrected chi connectivity index (χ1v) is 13.4. The minimum Gasteiger partial charge on any atom is -0.852 e. The van der Waals surface area contributed by atoms with E-state index < -0.39 is 16.6 Å². The summed E-state index contributed by atoms with van der Waals surface area (Å²) < 4.78 is 47.8. The van der Waals surface area contributed by atoms with E-state index >= 15 is 0 Å². The maximum atomic E-state index is 13.4. The number of aromatic nitrogens is 4. The first kappa shape index (κ1) is 31.8. The van der Waals surface area contributed by atoms with Crippen LogP contribution in [-0.2, 0) is 15.4 Å². The Morgan fingerprint density at radius 3 is 2.15 bits per heavy atom. The summed E-state index contributed by atoms with van der Waals surface area (Å²) in [5, 5.41) is 11.3. The molecule has 0 amide bonds. The predicted molar refractivity (Wildman–Crippen MR) is 148 cm³/mol. The zero-order valence-electron chi connectivity index (χ0n) is 22.6. The van der Waals surface area contributed by atoms with Gasteiger partial charge in [-0.3, -0.25) is 0 Å². The molecule has 0 aliphatic rings. The van der Waals surface area contributed by atoms with Crippen molar-refractivity contribution in [1.82, 2.24) is 19.9 Å². The molecule has 0 bridgehead atoms. The Hall–Kier alpha value is -2.72. The van der Waals surface area contributed by atoms with Crippen LogP contribution >= 0.6 is 0 Å². The van der Waals surface area contributed by atoms with E-state index in [0.717, 1.165) is 5.56 Å². The third-order valence-electron chi connectivity index (χ3n) is 5.41. The van der Waals surface area contributed by atoms with Crippen molar-refractivity contribution >= 4 is 64.7 Å². The van der Waals surface area contributed by atoms with Crippen LogP contribution in [0.2, 0.25) is 0 Å². The summed E-state index contributed by atoms with van der Waals surface area (Å²) in [5.41, 5.74) is 0.792. The first-order valence-electron chi connectivity index (χ1n) is 11.9. The minimum absolute atomic E-state index is 0. The second-order valence-electron chi connectivity index (χ2n) is 9.22. The fourth-order valence-corrected chi connectivity index (χ4v) is 4.36. The third kappa shape index (κ3) is 7.72. The molecule has 204 valence electrons. The van der Waals surface area contributed by atoms with Crippen molar-refractivity contribution in [2.75, 3.05) is 20.3 Å². The summed E-state index contributed by atoms with van der Waals surface area (Å²) in [6.45, 7) is 5.23. The van der Waals surface area contributed by atoms with Gasteiger partial charge in [-0.25, -0.2) is 23.4 Å². The largest absolute Gasteiger partial charge is 2.00 e. The molecule has 11 nitrogen and oxygen atoms in total. The molecule has 0 N–H and O–H groups in total. The molecule has 0 saturated heterocycles. The van der Waals surface area contributed by atoms with Crippen molar-refractivity contribution in [3.63, 3.8) is 0 Å². The van der Waals surface area contributed by atoms with E-state index in [2.05, 4.69) is 24.7 Å². The van der Waals surface area contributed by atoms with Gasteiger partial charge < -0.3 is 29.0 Å². The fraction of sp³-hybridized carbons (Fsp3) is 0.259. The van der Waals surface area contributed by atoms with E-state index in [4.69, 9.17) is 14.2 Å². The molecule has 0 saturated carbocycles. The average molecular weight is 687 g/mol. The smallest absolute Gasteiger partial charge is 0.852 e. The Morgan fingerprint density at radius 2 is 1.55 bits per heavy atom. The van der Waals surface area contributed by atoms with E-state index in [1.54, 1.807) is 42.5 Å². The van der Waals surface area contributed by atoms with Gasteiger partial charge in [-0.2, -0.15) is 0 Å². The van der Waals surface area contributed by atoms with Gasteiger partial charge in [-0.15, -0.1) is 6.61 Å². The van der Waals surface area contributed by atoms with Crippen molar-refractivity contribution < 1.29 is 27.7 Å². The van der Waals surface area contributed by atoms with Crippen molar-refractivity contribution in [1.29, 1.82) is 0 Å². The number of para-hydroxylation sites is 2. The summed E-state index contributed by atoms with van der Waals surface area (Å²) in [6.07, 6.45) is 2.96. The van der Waals surface area contributed by atoms with Crippen LogP contribution in [0.4, 0.5) is 5.82 Å². The van der Waals surface area contributed by atoms with E-state index in [9.17, 15) is 13.5 Å². The molecule has 4 rings (SSSR count). The van der Waals surface area contributed by atoms with Crippen LogP contribution in [0, 0.1) is 0 Å². The molecule has 0 aliphatic heterocycles. The standard InChI is InChI=1S/C27H27N5O6S.Ba/c1-27(2,3)18-10-12-19(13-11-18)39(34,35)32-23-22(38-21-9-6-5-8-20(21)36-4)26(37-17-16-33)31-25(30-23)24-28-14-7-15-29-24;/h5-15H,16-17H2,1-4H3;/q-2;+2. The van der Waals surface area contributed by atoms with Gasteiger partial charge in [0.05, 0.1) is 18.6 Å². The van der Waals surface area contributed by atoms with Crippen LogP contribution in [0.1, 0.15) is 26.3 Å². The molecular formula is C27H27BaN5O6S. The van der Waals surface area contributed by atoms with Gasteiger partial charge in [0, 0.05) is 18.2 Å². The van der Waals surface area contributed by atoms with Gasteiger partial charge in [0.25, 0.3) is 5.88 Å². The van der Waals surface area contributed by atoms with Gasteiger partial charge in [-0.05, 0) is 41.3 Å². The summed E-state index contributed by atoms with van der Waals surface area (Å²) in [5.74, 6) is -0.178. The van der Waals surface area contributed by atoms with Crippen LogP contribution in [0.3, 0.4) is 0 Å². The summed E-state index contributed by atoms with van der Waals surface area (Å²) in [4.78, 5) is 16.9. The molecule has 40 heavy (non-hydrogen) atoms. The Morgan fingerprint density at radius 1 is 0.900 bits per heavy atom. The van der Waals surface area contributed by atoms with Crippen molar-refractivity contribution in [3.8, 4) is 34.8 Å². The van der Waals surface area contributed by atoms with Crippen LogP contribution in [-0.4, -0.2) is 97.6 Å². The van der Waals surface area contributed by atoms with Crippen molar-refractivity contribution in [2.45, 2.75) is 31.1 Å². The molecule has 2 aromatic heterocycles. The molecule has 0 atom stereocenters. The SMILES string of the molecule is COc1ccccc1Oc1c([N-]S(=O)(=O)c2ccc(C(C)(C)C)cc2)nc(-c2ncccn2)nc1OCC[O-].[Ba+2]. The van der Waals surface area contributed by atoms with Crippen LogP contribution in [0.5, 0.6) is 23.1 Å². The van der Waals surface area contributed by atoms with Gasteiger partial charge in [0.1, 0.15) is 5.82 Å².